The first-order valence-electron chi connectivity index (χ1n) is 8.64. The third-order valence-electron chi connectivity index (χ3n) is 4.75. The molecule has 3 rings (SSSR count). The molecular formula is C18H25N3O3. The predicted octanol–water partition coefficient (Wildman–Crippen LogP) is 0.187. The summed E-state index contributed by atoms with van der Waals surface area (Å²) in [6, 6.07) is 8.68. The summed E-state index contributed by atoms with van der Waals surface area (Å²) in [7, 11) is 0. The Morgan fingerprint density at radius 3 is 2.62 bits per heavy atom. The van der Waals surface area contributed by atoms with Crippen LogP contribution in [0.1, 0.15) is 31.2 Å². The Morgan fingerprint density at radius 2 is 1.96 bits per heavy atom. The second-order valence-corrected chi connectivity index (χ2v) is 6.77. The minimum Gasteiger partial charge on any atom is -0.381 e. The van der Waals surface area contributed by atoms with Crippen molar-refractivity contribution in [2.75, 3.05) is 6.54 Å². The van der Waals surface area contributed by atoms with E-state index in [1.807, 2.05) is 30.3 Å². The monoisotopic (exact) mass is 331 g/mol. The van der Waals surface area contributed by atoms with Crippen molar-refractivity contribution >= 4 is 11.8 Å². The van der Waals surface area contributed by atoms with Crippen LogP contribution < -0.4 is 11.1 Å². The number of nitrogens with zero attached hydrogens (tertiary/aromatic N) is 1. The number of nitrogens with one attached hydrogen (secondary N) is 1. The van der Waals surface area contributed by atoms with Crippen LogP contribution in [0.2, 0.25) is 0 Å². The van der Waals surface area contributed by atoms with Crippen molar-refractivity contribution in [3.8, 4) is 0 Å². The minimum atomic E-state index is -1.18. The molecule has 2 fully saturated rings. The molecule has 1 saturated carbocycles. The zero-order valence-corrected chi connectivity index (χ0v) is 13.7. The van der Waals surface area contributed by atoms with Gasteiger partial charge >= 0.3 is 0 Å². The zero-order valence-electron chi connectivity index (χ0n) is 13.7. The van der Waals surface area contributed by atoms with Gasteiger partial charge in [-0.15, -0.1) is 0 Å². The standard InChI is InChI=1S/C18H25N3O3/c19-14(11-12-5-2-1-3-6-12)18(24)21-10-4-7-15(21)16(22)17(23)20-13-8-9-13/h1-3,5-6,13-16,22H,4,7-11,19H2,(H,20,23)/t14-,15-,16?/m0/s1. The summed E-state index contributed by atoms with van der Waals surface area (Å²) >= 11 is 0. The van der Waals surface area contributed by atoms with Crippen LogP contribution in [0.5, 0.6) is 0 Å². The largest absolute Gasteiger partial charge is 0.381 e. The Balaban J connectivity index is 1.60. The maximum absolute atomic E-state index is 12.7. The minimum absolute atomic E-state index is 0.193. The first-order chi connectivity index (χ1) is 11.6. The molecule has 1 saturated heterocycles. The van der Waals surface area contributed by atoms with Crippen molar-refractivity contribution in [1.82, 2.24) is 10.2 Å². The van der Waals surface area contributed by atoms with Gasteiger partial charge in [0.2, 0.25) is 5.91 Å². The molecule has 0 radical (unpaired) electrons. The molecule has 130 valence electrons. The Kier molecular flexibility index (Phi) is 5.16. The first-order valence-corrected chi connectivity index (χ1v) is 8.64. The van der Waals surface area contributed by atoms with Crippen LogP contribution >= 0.6 is 0 Å². The van der Waals surface area contributed by atoms with Gasteiger partial charge in [0.05, 0.1) is 12.1 Å². The van der Waals surface area contributed by atoms with E-state index in [1.165, 1.54) is 0 Å². The molecule has 1 aromatic carbocycles. The quantitative estimate of drug-likeness (QED) is 0.693. The molecule has 1 aromatic rings. The number of likely N-dealkylation sites (tertiary alicyclic amines) is 1. The lowest BCUT2D eigenvalue weighted by atomic mass is 10.0. The highest BCUT2D eigenvalue weighted by Crippen LogP contribution is 2.24. The fourth-order valence-corrected chi connectivity index (χ4v) is 3.25. The van der Waals surface area contributed by atoms with Crippen molar-refractivity contribution < 1.29 is 14.7 Å². The van der Waals surface area contributed by atoms with Crippen molar-refractivity contribution in [2.24, 2.45) is 5.73 Å². The molecule has 2 aliphatic rings. The average molecular weight is 331 g/mol. The fraction of sp³-hybridized carbons (Fsp3) is 0.556. The zero-order chi connectivity index (χ0) is 17.1. The first kappa shape index (κ1) is 16.9. The summed E-state index contributed by atoms with van der Waals surface area (Å²) in [5, 5.41) is 13.1. The molecule has 3 atom stereocenters. The summed E-state index contributed by atoms with van der Waals surface area (Å²) in [4.78, 5) is 26.3. The van der Waals surface area contributed by atoms with Gasteiger partial charge in [-0.1, -0.05) is 30.3 Å². The van der Waals surface area contributed by atoms with Crippen LogP contribution in [0.3, 0.4) is 0 Å². The second-order valence-electron chi connectivity index (χ2n) is 6.77. The number of hydrogen-bond donors (Lipinski definition) is 3. The van der Waals surface area contributed by atoms with Gasteiger partial charge in [-0.2, -0.15) is 0 Å². The van der Waals surface area contributed by atoms with Gasteiger partial charge in [-0.3, -0.25) is 9.59 Å². The van der Waals surface area contributed by atoms with E-state index in [4.69, 9.17) is 5.73 Å². The smallest absolute Gasteiger partial charge is 0.251 e. The molecular weight excluding hydrogens is 306 g/mol. The number of rotatable bonds is 6. The number of carbonyl (C=O) groups is 2. The predicted molar refractivity (Wildman–Crippen MR) is 90.0 cm³/mol. The van der Waals surface area contributed by atoms with E-state index in [9.17, 15) is 14.7 Å². The van der Waals surface area contributed by atoms with E-state index in [0.717, 1.165) is 24.8 Å². The van der Waals surface area contributed by atoms with Crippen LogP contribution in [-0.2, 0) is 16.0 Å². The Hall–Kier alpha value is -1.92. The average Bonchev–Trinajstić information content (AvgIpc) is 3.26. The number of benzene rings is 1. The van der Waals surface area contributed by atoms with Crippen molar-refractivity contribution in [1.29, 1.82) is 0 Å². The van der Waals surface area contributed by atoms with Gasteiger partial charge in [0.15, 0.2) is 6.10 Å². The molecule has 2 amide bonds. The van der Waals surface area contributed by atoms with E-state index in [0.29, 0.717) is 19.4 Å². The van der Waals surface area contributed by atoms with Crippen LogP contribution in [0.25, 0.3) is 0 Å². The maximum atomic E-state index is 12.7. The van der Waals surface area contributed by atoms with Crippen LogP contribution in [0.15, 0.2) is 30.3 Å². The van der Waals surface area contributed by atoms with E-state index < -0.39 is 18.2 Å². The molecule has 1 aliphatic carbocycles. The Bertz CT molecular complexity index is 588. The SMILES string of the molecule is N[C@@H](Cc1ccccc1)C(=O)N1CCC[C@H]1C(O)C(=O)NC1CC1. The number of nitrogens with two attached hydrogens (primary N) is 1. The van der Waals surface area contributed by atoms with Crippen LogP contribution in [0, 0.1) is 0 Å². The summed E-state index contributed by atoms with van der Waals surface area (Å²) in [6.07, 6.45) is 2.61. The van der Waals surface area contributed by atoms with Gasteiger partial charge in [-0.05, 0) is 37.7 Å². The lowest BCUT2D eigenvalue weighted by Crippen LogP contribution is -2.54. The fourth-order valence-electron chi connectivity index (χ4n) is 3.25. The molecule has 1 unspecified atom stereocenters. The van der Waals surface area contributed by atoms with E-state index >= 15 is 0 Å². The summed E-state index contributed by atoms with van der Waals surface area (Å²) < 4.78 is 0. The molecule has 6 heteroatoms. The molecule has 24 heavy (non-hydrogen) atoms. The highest BCUT2D eigenvalue weighted by Gasteiger charge is 2.40. The van der Waals surface area contributed by atoms with E-state index in [1.54, 1.807) is 4.90 Å². The van der Waals surface area contributed by atoms with Crippen molar-refractivity contribution in [3.63, 3.8) is 0 Å². The maximum Gasteiger partial charge on any atom is 0.251 e. The van der Waals surface area contributed by atoms with Gasteiger partial charge < -0.3 is 21.1 Å². The number of aliphatic hydroxyl groups excluding tert-OH is 1. The lowest BCUT2D eigenvalue weighted by Gasteiger charge is -2.30. The number of carbonyl (C=O) groups excluding carboxylic acids is 2. The molecule has 0 spiro atoms. The summed E-state index contributed by atoms with van der Waals surface area (Å²) in [5.41, 5.74) is 7.09. The second kappa shape index (κ2) is 7.32. The molecule has 1 heterocycles. The Morgan fingerprint density at radius 1 is 1.25 bits per heavy atom. The molecule has 4 N–H and O–H groups in total. The van der Waals surface area contributed by atoms with E-state index in [2.05, 4.69) is 5.32 Å². The summed E-state index contributed by atoms with van der Waals surface area (Å²) in [6.45, 7) is 0.541. The highest BCUT2D eigenvalue weighted by atomic mass is 16.3. The van der Waals surface area contributed by atoms with Crippen molar-refractivity contribution in [2.45, 2.75) is 56.3 Å². The lowest BCUT2D eigenvalue weighted by molar-refractivity contribution is -0.140. The third-order valence-corrected chi connectivity index (χ3v) is 4.75. The third kappa shape index (κ3) is 3.94. The Labute approximate surface area is 142 Å². The van der Waals surface area contributed by atoms with E-state index in [-0.39, 0.29) is 17.9 Å². The normalized spacial score (nSPS) is 22.9. The number of amides is 2. The summed E-state index contributed by atoms with van der Waals surface area (Å²) in [5.74, 6) is -0.571. The molecule has 6 nitrogen and oxygen atoms in total. The van der Waals surface area contributed by atoms with Gasteiger partial charge in [0.1, 0.15) is 0 Å². The van der Waals surface area contributed by atoms with Crippen LogP contribution in [-0.4, -0.2) is 52.6 Å². The number of aliphatic hydroxyl groups is 1. The molecule has 1 aliphatic heterocycles. The topological polar surface area (TPSA) is 95.7 Å². The molecule has 0 bridgehead atoms. The van der Waals surface area contributed by atoms with Gasteiger partial charge in [0, 0.05) is 12.6 Å². The number of hydrogen-bond acceptors (Lipinski definition) is 4. The van der Waals surface area contributed by atoms with Crippen molar-refractivity contribution in [3.05, 3.63) is 35.9 Å². The van der Waals surface area contributed by atoms with Gasteiger partial charge in [0.25, 0.3) is 5.91 Å². The molecule has 0 aromatic heterocycles. The highest BCUT2D eigenvalue weighted by molar-refractivity contribution is 5.86. The van der Waals surface area contributed by atoms with Crippen LogP contribution in [0.4, 0.5) is 0 Å². The van der Waals surface area contributed by atoms with Gasteiger partial charge in [-0.25, -0.2) is 0 Å².